The van der Waals surface area contributed by atoms with Crippen LogP contribution in [-0.2, 0) is 31.9 Å². The zero-order chi connectivity index (χ0) is 23.5. The lowest BCUT2D eigenvalue weighted by molar-refractivity contribution is -0.133. The molecule has 0 fully saturated rings. The van der Waals surface area contributed by atoms with Crippen molar-refractivity contribution >= 4 is 18.1 Å². The van der Waals surface area contributed by atoms with Gasteiger partial charge in [-0.3, -0.25) is 19.0 Å². The highest BCUT2D eigenvalue weighted by atomic mass is 16.5. The van der Waals surface area contributed by atoms with Gasteiger partial charge in [0.25, 0.3) is 0 Å². The maximum atomic E-state index is 13.4. The van der Waals surface area contributed by atoms with Crippen LogP contribution < -0.4 is 5.73 Å². The molecule has 0 bridgehead atoms. The van der Waals surface area contributed by atoms with Crippen molar-refractivity contribution in [2.24, 2.45) is 11.7 Å². The topological polar surface area (TPSA) is 117 Å². The summed E-state index contributed by atoms with van der Waals surface area (Å²) in [7, 11) is 3.21. The van der Waals surface area contributed by atoms with Crippen LogP contribution in [0.1, 0.15) is 28.8 Å². The van der Waals surface area contributed by atoms with E-state index in [1.807, 2.05) is 30.3 Å². The summed E-state index contributed by atoms with van der Waals surface area (Å²) in [5, 5.41) is 0. The van der Waals surface area contributed by atoms with Crippen LogP contribution in [0.2, 0.25) is 0 Å². The predicted molar refractivity (Wildman–Crippen MR) is 119 cm³/mol. The van der Waals surface area contributed by atoms with Gasteiger partial charge in [-0.15, -0.1) is 0 Å². The second kappa shape index (κ2) is 12.8. The first-order chi connectivity index (χ1) is 15.4. The lowest BCUT2D eigenvalue weighted by Crippen LogP contribution is -2.40. The number of imidazole rings is 1. The lowest BCUT2D eigenvalue weighted by Gasteiger charge is -2.22. The number of benzene rings is 1. The Morgan fingerprint density at radius 3 is 2.59 bits per heavy atom. The minimum atomic E-state index is -0.946. The zero-order valence-electron chi connectivity index (χ0n) is 18.8. The molecule has 0 aliphatic heterocycles. The fraction of sp³-hybridized carbons (Fsp3) is 0.478. The zero-order valence-corrected chi connectivity index (χ0v) is 18.8. The number of nitrogens with zero attached hydrogens (tertiary/aromatic N) is 3. The Morgan fingerprint density at radius 2 is 1.94 bits per heavy atom. The average Bonchev–Trinajstić information content (AvgIpc) is 3.19. The Hall–Kier alpha value is -2.88. The summed E-state index contributed by atoms with van der Waals surface area (Å²) in [6.45, 7) is 3.16. The van der Waals surface area contributed by atoms with E-state index >= 15 is 0 Å². The van der Waals surface area contributed by atoms with E-state index in [0.29, 0.717) is 44.3 Å². The van der Waals surface area contributed by atoms with Crippen LogP contribution >= 0.6 is 0 Å². The smallest absolute Gasteiger partial charge is 0.244 e. The molecule has 1 aromatic heterocycles. The van der Waals surface area contributed by atoms with Crippen molar-refractivity contribution in [1.29, 1.82) is 0 Å². The van der Waals surface area contributed by atoms with Gasteiger partial charge in [-0.25, -0.2) is 4.98 Å². The number of ether oxygens (including phenoxy) is 2. The molecule has 0 unspecified atom stereocenters. The first-order valence-electron chi connectivity index (χ1n) is 10.5. The standard InChI is InChI=1S/C23H31N4O5/c1-17(22(29)26(2)9-10-32-12-11-31-3)23(30)27-20(14-19(24)16-28)15-25-21(27)13-18-7-5-4-6-8-18/h4-8,15,17,19H,9-14,24H2,1-3H3/t17-,19+/m1/s1. The largest absolute Gasteiger partial charge is 0.382 e. The minimum Gasteiger partial charge on any atom is -0.382 e. The maximum absolute atomic E-state index is 13.4. The van der Waals surface area contributed by atoms with E-state index in [4.69, 9.17) is 15.2 Å². The predicted octanol–water partition coefficient (Wildman–Crippen LogP) is 0.851. The number of hydrogen-bond donors (Lipinski definition) is 1. The van der Waals surface area contributed by atoms with Gasteiger partial charge in [0.2, 0.25) is 18.1 Å². The van der Waals surface area contributed by atoms with Crippen molar-refractivity contribution in [2.75, 3.05) is 40.5 Å². The number of aromatic nitrogens is 2. The summed E-state index contributed by atoms with van der Waals surface area (Å²) in [5.74, 6) is -1.21. The molecule has 2 N–H and O–H groups in total. The van der Waals surface area contributed by atoms with Crippen molar-refractivity contribution < 1.29 is 23.9 Å². The van der Waals surface area contributed by atoms with Crippen LogP contribution in [0, 0.1) is 5.92 Å². The molecule has 0 saturated heterocycles. The molecule has 32 heavy (non-hydrogen) atoms. The molecule has 0 spiro atoms. The van der Waals surface area contributed by atoms with Crippen LogP contribution in [0.15, 0.2) is 36.5 Å². The van der Waals surface area contributed by atoms with Gasteiger partial charge in [0.15, 0.2) is 0 Å². The minimum absolute atomic E-state index is 0.0983. The summed E-state index contributed by atoms with van der Waals surface area (Å²) in [6, 6.07) is 8.68. The normalized spacial score (nSPS) is 12.9. The van der Waals surface area contributed by atoms with E-state index < -0.39 is 17.9 Å². The monoisotopic (exact) mass is 443 g/mol. The number of nitrogens with two attached hydrogens (primary N) is 1. The lowest BCUT2D eigenvalue weighted by atomic mass is 10.1. The molecule has 0 saturated carbocycles. The van der Waals surface area contributed by atoms with Crippen LogP contribution in [-0.4, -0.2) is 79.1 Å². The van der Waals surface area contributed by atoms with E-state index in [-0.39, 0.29) is 12.3 Å². The quantitative estimate of drug-likeness (QED) is 0.360. The van der Waals surface area contributed by atoms with E-state index in [1.54, 1.807) is 27.4 Å². The SMILES string of the molecule is COCCOCCN(C)C(=O)[C@@H](C)C(=O)n1c(C[C@H](N)[C]=O)cnc1Cc1ccccc1. The number of carbonyl (C=O) groups excluding carboxylic acids is 3. The summed E-state index contributed by atoms with van der Waals surface area (Å²) in [5.41, 5.74) is 7.18. The molecule has 1 aromatic carbocycles. The van der Waals surface area contributed by atoms with Gasteiger partial charge < -0.3 is 20.1 Å². The highest BCUT2D eigenvalue weighted by Gasteiger charge is 2.29. The molecular weight excluding hydrogens is 412 g/mol. The highest BCUT2D eigenvalue weighted by Crippen LogP contribution is 2.16. The van der Waals surface area contributed by atoms with Crippen molar-refractivity contribution in [1.82, 2.24) is 14.5 Å². The van der Waals surface area contributed by atoms with E-state index in [9.17, 15) is 14.4 Å². The van der Waals surface area contributed by atoms with Gasteiger partial charge in [-0.1, -0.05) is 30.3 Å². The summed E-state index contributed by atoms with van der Waals surface area (Å²) in [4.78, 5) is 43.0. The molecule has 0 aliphatic carbocycles. The third-order valence-corrected chi connectivity index (χ3v) is 5.03. The number of carbonyl (C=O) groups is 2. The Bertz CT molecular complexity index is 884. The highest BCUT2D eigenvalue weighted by molar-refractivity contribution is 6.01. The summed E-state index contributed by atoms with van der Waals surface area (Å²) in [6.07, 6.45) is 3.75. The average molecular weight is 444 g/mol. The number of amides is 1. The third kappa shape index (κ3) is 7.08. The second-order valence-corrected chi connectivity index (χ2v) is 7.52. The van der Waals surface area contributed by atoms with Crippen molar-refractivity contribution in [3.05, 3.63) is 53.6 Å². The molecule has 2 rings (SSSR count). The first-order valence-corrected chi connectivity index (χ1v) is 10.5. The Balaban J connectivity index is 2.18. The van der Waals surface area contributed by atoms with Gasteiger partial charge in [0.05, 0.1) is 25.9 Å². The molecule has 1 heterocycles. The summed E-state index contributed by atoms with van der Waals surface area (Å²) < 4.78 is 11.7. The molecule has 173 valence electrons. The van der Waals surface area contributed by atoms with E-state index in [2.05, 4.69) is 4.98 Å². The van der Waals surface area contributed by atoms with Gasteiger partial charge in [-0.2, -0.15) is 0 Å². The fourth-order valence-corrected chi connectivity index (χ4v) is 3.20. The van der Waals surface area contributed by atoms with Gasteiger partial charge in [0.1, 0.15) is 11.7 Å². The number of hydrogen-bond acceptors (Lipinski definition) is 7. The fourth-order valence-electron chi connectivity index (χ4n) is 3.20. The maximum Gasteiger partial charge on any atom is 0.244 e. The second-order valence-electron chi connectivity index (χ2n) is 7.52. The summed E-state index contributed by atoms with van der Waals surface area (Å²) >= 11 is 0. The molecule has 9 heteroatoms. The van der Waals surface area contributed by atoms with Gasteiger partial charge >= 0.3 is 0 Å². The molecule has 2 atom stereocenters. The van der Waals surface area contributed by atoms with Crippen molar-refractivity contribution in [3.63, 3.8) is 0 Å². The number of rotatable bonds is 13. The number of likely N-dealkylation sites (N-methyl/N-ethyl adjacent to an activating group) is 1. The Kier molecular flexibility index (Phi) is 10.2. The number of methoxy groups -OCH3 is 1. The van der Waals surface area contributed by atoms with Crippen LogP contribution in [0.25, 0.3) is 0 Å². The van der Waals surface area contributed by atoms with Crippen LogP contribution in [0.5, 0.6) is 0 Å². The van der Waals surface area contributed by atoms with E-state index in [0.717, 1.165) is 5.56 Å². The van der Waals surface area contributed by atoms with Gasteiger partial charge in [0, 0.05) is 45.4 Å². The Morgan fingerprint density at radius 1 is 1.22 bits per heavy atom. The Labute approximate surface area is 188 Å². The van der Waals surface area contributed by atoms with Gasteiger partial charge in [-0.05, 0) is 12.5 Å². The van der Waals surface area contributed by atoms with Crippen LogP contribution in [0.3, 0.4) is 0 Å². The molecule has 9 nitrogen and oxygen atoms in total. The first kappa shape index (κ1) is 25.4. The molecule has 0 aliphatic rings. The molecule has 1 radical (unpaired) electrons. The van der Waals surface area contributed by atoms with E-state index in [1.165, 1.54) is 15.7 Å². The third-order valence-electron chi connectivity index (χ3n) is 5.03. The molecule has 2 aromatic rings. The van der Waals surface area contributed by atoms with Crippen LogP contribution in [0.4, 0.5) is 0 Å². The van der Waals surface area contributed by atoms with Crippen molar-refractivity contribution in [2.45, 2.75) is 25.8 Å². The van der Waals surface area contributed by atoms with Crippen molar-refractivity contribution in [3.8, 4) is 0 Å². The molecule has 1 amide bonds. The molecular formula is C23H31N4O5.